The van der Waals surface area contributed by atoms with Crippen molar-refractivity contribution in [2.75, 3.05) is 0 Å². The highest BCUT2D eigenvalue weighted by Crippen LogP contribution is 2.75. The van der Waals surface area contributed by atoms with Gasteiger partial charge in [-0.05, 0) is 74.3 Å². The highest BCUT2D eigenvalue weighted by atomic mass is 16.5. The van der Waals surface area contributed by atoms with E-state index in [-0.39, 0.29) is 28.1 Å². The number of ketones is 1. The van der Waals surface area contributed by atoms with Crippen molar-refractivity contribution in [2.45, 2.75) is 78.2 Å². The van der Waals surface area contributed by atoms with Crippen LogP contribution in [0.5, 0.6) is 0 Å². The normalized spacial score (nSPS) is 45.0. The molecule has 0 aliphatic heterocycles. The fourth-order valence-corrected chi connectivity index (χ4v) is 8.66. The van der Waals surface area contributed by atoms with Crippen LogP contribution in [0.2, 0.25) is 0 Å². The van der Waals surface area contributed by atoms with E-state index in [4.69, 9.17) is 4.74 Å². The molecule has 4 saturated carbocycles. The number of aliphatic carboxylic acids is 1. The van der Waals surface area contributed by atoms with Gasteiger partial charge in [-0.1, -0.05) is 38.5 Å². The number of carboxylic acids is 1. The minimum atomic E-state index is -0.950. The van der Waals surface area contributed by atoms with Crippen LogP contribution in [0.25, 0.3) is 0 Å². The quantitative estimate of drug-likeness (QED) is 0.650. The number of rotatable bonds is 3. The maximum absolute atomic E-state index is 13.1. The van der Waals surface area contributed by atoms with E-state index in [9.17, 15) is 19.5 Å². The summed E-state index contributed by atoms with van der Waals surface area (Å²) in [6, 6.07) is 8.92. The van der Waals surface area contributed by atoms with Gasteiger partial charge in [-0.3, -0.25) is 9.59 Å². The van der Waals surface area contributed by atoms with Crippen LogP contribution in [0, 0.1) is 33.5 Å². The SMILES string of the molecule is C[C@]12CC[C@]3(C1)[C@H](CC2=O)C[C@@H](OC(=O)c1ccccc1)[C@@H]1[C@]3(C)CCC[C@]1(C)C(=O)O. The Balaban J connectivity index is 1.59. The van der Waals surface area contributed by atoms with Crippen LogP contribution in [-0.4, -0.2) is 28.9 Å². The van der Waals surface area contributed by atoms with Crippen molar-refractivity contribution in [3.63, 3.8) is 0 Å². The van der Waals surface area contributed by atoms with Gasteiger partial charge in [0, 0.05) is 17.8 Å². The van der Waals surface area contributed by atoms with Crippen LogP contribution in [0.15, 0.2) is 30.3 Å². The Morgan fingerprint density at radius 2 is 1.75 bits per heavy atom. The van der Waals surface area contributed by atoms with Crippen molar-refractivity contribution in [3.8, 4) is 0 Å². The molecule has 0 saturated heterocycles. The van der Waals surface area contributed by atoms with Gasteiger partial charge in [0.05, 0.1) is 11.0 Å². The summed E-state index contributed by atoms with van der Waals surface area (Å²) in [6.45, 7) is 6.23. The van der Waals surface area contributed by atoms with Crippen LogP contribution in [-0.2, 0) is 14.3 Å². The molecule has 4 aliphatic rings. The van der Waals surface area contributed by atoms with Gasteiger partial charge in [0.2, 0.25) is 0 Å². The average molecular weight is 439 g/mol. The molecule has 1 spiro atoms. The average Bonchev–Trinajstić information content (AvgIpc) is 3.08. The van der Waals surface area contributed by atoms with Crippen LogP contribution < -0.4 is 0 Å². The number of carbonyl (C=O) groups excluding carboxylic acids is 2. The Hall–Kier alpha value is -2.17. The van der Waals surface area contributed by atoms with Gasteiger partial charge in [0.25, 0.3) is 0 Å². The maximum atomic E-state index is 13.1. The third-order valence-corrected chi connectivity index (χ3v) is 10.3. The van der Waals surface area contributed by atoms with Crippen molar-refractivity contribution in [3.05, 3.63) is 35.9 Å². The monoisotopic (exact) mass is 438 g/mol. The van der Waals surface area contributed by atoms with Gasteiger partial charge >= 0.3 is 11.9 Å². The predicted octanol–water partition coefficient (Wildman–Crippen LogP) is 5.28. The second-order valence-electron chi connectivity index (χ2n) is 11.7. The van der Waals surface area contributed by atoms with Gasteiger partial charge < -0.3 is 9.84 Å². The number of esters is 1. The molecule has 0 radical (unpaired) electrons. The first kappa shape index (κ1) is 21.7. The summed E-state index contributed by atoms with van der Waals surface area (Å²) in [7, 11) is 0. The van der Waals surface area contributed by atoms with Crippen LogP contribution in [0.1, 0.15) is 82.5 Å². The molecule has 0 aromatic heterocycles. The van der Waals surface area contributed by atoms with E-state index in [0.717, 1.165) is 32.1 Å². The lowest BCUT2D eigenvalue weighted by Crippen LogP contribution is -2.66. The van der Waals surface area contributed by atoms with Crippen molar-refractivity contribution >= 4 is 17.7 Å². The molecule has 32 heavy (non-hydrogen) atoms. The zero-order chi connectivity index (χ0) is 22.9. The van der Waals surface area contributed by atoms with Crippen LogP contribution in [0.4, 0.5) is 0 Å². The lowest BCUT2D eigenvalue weighted by molar-refractivity contribution is -0.224. The van der Waals surface area contributed by atoms with E-state index in [1.807, 2.05) is 13.0 Å². The zero-order valence-corrected chi connectivity index (χ0v) is 19.4. The van der Waals surface area contributed by atoms with Crippen molar-refractivity contribution < 1.29 is 24.2 Å². The highest BCUT2D eigenvalue weighted by molar-refractivity contribution is 5.89. The van der Waals surface area contributed by atoms with E-state index in [1.165, 1.54) is 0 Å². The minimum absolute atomic E-state index is 0.0485. The van der Waals surface area contributed by atoms with Gasteiger partial charge in [-0.15, -0.1) is 0 Å². The molecule has 5 nitrogen and oxygen atoms in total. The molecule has 0 amide bonds. The first-order valence-electron chi connectivity index (χ1n) is 12.1. The fourth-order valence-electron chi connectivity index (χ4n) is 8.66. The number of carbonyl (C=O) groups is 3. The van der Waals surface area contributed by atoms with E-state index in [1.54, 1.807) is 24.3 Å². The molecule has 2 bridgehead atoms. The number of ether oxygens (including phenoxy) is 1. The number of carboxylic acid groups (broad SMARTS) is 1. The van der Waals surface area contributed by atoms with Gasteiger partial charge in [0.15, 0.2) is 0 Å². The molecule has 4 fully saturated rings. The van der Waals surface area contributed by atoms with E-state index >= 15 is 0 Å². The fraction of sp³-hybridized carbons (Fsp3) is 0.667. The second kappa shape index (κ2) is 6.91. The topological polar surface area (TPSA) is 80.7 Å². The molecular weight excluding hydrogens is 404 g/mol. The lowest BCUT2D eigenvalue weighted by atomic mass is 9.37. The Morgan fingerprint density at radius 3 is 2.44 bits per heavy atom. The molecule has 5 heteroatoms. The summed E-state index contributed by atoms with van der Waals surface area (Å²) < 4.78 is 6.16. The molecule has 1 N–H and O–H groups in total. The summed E-state index contributed by atoms with van der Waals surface area (Å²) in [5.41, 5.74) is -1.08. The standard InChI is InChI=1S/C27H34O5/c1-24-12-13-27(16-24)18(15-20(24)28)14-19(32-22(29)17-8-5-4-6-9-17)21-25(2,23(30)31)10-7-11-26(21,27)3/h4-6,8-9,18-19,21H,7,10-16H2,1-3H3,(H,30,31)/t18-,19+,21-,24-,25-,26-,27-/m0/s1. The maximum Gasteiger partial charge on any atom is 0.338 e. The Kier molecular flexibility index (Phi) is 4.68. The van der Waals surface area contributed by atoms with Crippen LogP contribution >= 0.6 is 0 Å². The number of fused-ring (bicyclic) bond motifs is 2. The zero-order valence-electron chi connectivity index (χ0n) is 19.4. The van der Waals surface area contributed by atoms with Crippen molar-refractivity contribution in [2.24, 2.45) is 33.5 Å². The number of hydrogen-bond acceptors (Lipinski definition) is 4. The lowest BCUT2D eigenvalue weighted by Gasteiger charge is -2.67. The minimum Gasteiger partial charge on any atom is -0.481 e. The van der Waals surface area contributed by atoms with Crippen molar-refractivity contribution in [1.29, 1.82) is 0 Å². The number of benzene rings is 1. The summed E-state index contributed by atoms with van der Waals surface area (Å²) >= 11 is 0. The Labute approximate surface area is 189 Å². The summed E-state index contributed by atoms with van der Waals surface area (Å²) in [6.07, 6.45) is 5.72. The van der Waals surface area contributed by atoms with Gasteiger partial charge in [-0.2, -0.15) is 0 Å². The van der Waals surface area contributed by atoms with E-state index in [2.05, 4.69) is 13.8 Å². The second-order valence-corrected chi connectivity index (χ2v) is 11.7. The van der Waals surface area contributed by atoms with E-state index < -0.39 is 23.5 Å². The Morgan fingerprint density at radius 1 is 1.03 bits per heavy atom. The molecule has 5 rings (SSSR count). The summed E-state index contributed by atoms with van der Waals surface area (Å²) in [5, 5.41) is 10.4. The van der Waals surface area contributed by atoms with Crippen LogP contribution in [0.3, 0.4) is 0 Å². The smallest absolute Gasteiger partial charge is 0.338 e. The summed E-state index contributed by atoms with van der Waals surface area (Å²) in [4.78, 5) is 38.8. The van der Waals surface area contributed by atoms with E-state index in [0.29, 0.717) is 30.6 Å². The molecule has 172 valence electrons. The molecule has 1 aromatic carbocycles. The molecule has 1 aromatic rings. The first-order valence-corrected chi connectivity index (χ1v) is 12.1. The van der Waals surface area contributed by atoms with Gasteiger partial charge in [-0.25, -0.2) is 4.79 Å². The Bertz CT molecular complexity index is 972. The number of hydrogen-bond donors (Lipinski definition) is 1. The molecule has 0 unspecified atom stereocenters. The first-order chi connectivity index (χ1) is 15.1. The van der Waals surface area contributed by atoms with Crippen molar-refractivity contribution in [1.82, 2.24) is 0 Å². The third-order valence-electron chi connectivity index (χ3n) is 10.3. The largest absolute Gasteiger partial charge is 0.481 e. The highest BCUT2D eigenvalue weighted by Gasteiger charge is 2.73. The third kappa shape index (κ3) is 2.72. The molecular formula is C27H34O5. The predicted molar refractivity (Wildman–Crippen MR) is 119 cm³/mol. The molecule has 7 atom stereocenters. The molecule has 0 heterocycles. The molecule has 4 aliphatic carbocycles. The van der Waals surface area contributed by atoms with Gasteiger partial charge in [0.1, 0.15) is 11.9 Å². The number of Topliss-reactive ketones (excluding diaryl/α,β-unsaturated/α-hetero) is 1. The summed E-state index contributed by atoms with van der Waals surface area (Å²) in [5.74, 6) is -0.970.